The van der Waals surface area contributed by atoms with Gasteiger partial charge in [0.15, 0.2) is 0 Å². The van der Waals surface area contributed by atoms with Crippen LogP contribution in [0.15, 0.2) is 60.7 Å². The van der Waals surface area contributed by atoms with Gasteiger partial charge in [0.2, 0.25) is 0 Å². The quantitative estimate of drug-likeness (QED) is 0.344. The number of rotatable bonds is 0. The summed E-state index contributed by atoms with van der Waals surface area (Å²) in [6.45, 7) is 7.73. The minimum absolute atomic E-state index is 0.321. The standard InChI is InChI=1S/C26H24O2/c1-16-4-8-21-19(12-16)6-10-23-25(21)26-22-9-5-17(2)13-20(22)7-11-24(26)28-15-18(3)14-27-23/h4-13,18H,14-15H2,1-3H3. The molecule has 0 unspecified atom stereocenters. The van der Waals surface area contributed by atoms with E-state index in [4.69, 9.17) is 9.47 Å². The first kappa shape index (κ1) is 17.1. The fourth-order valence-electron chi connectivity index (χ4n) is 4.13. The lowest BCUT2D eigenvalue weighted by Crippen LogP contribution is -2.15. The lowest BCUT2D eigenvalue weighted by molar-refractivity contribution is 0.192. The Kier molecular flexibility index (Phi) is 4.01. The predicted molar refractivity (Wildman–Crippen MR) is 117 cm³/mol. The average molecular weight is 368 g/mol. The summed E-state index contributed by atoms with van der Waals surface area (Å²) in [4.78, 5) is 0. The second-order valence-electron chi connectivity index (χ2n) is 8.05. The molecule has 0 atom stereocenters. The molecule has 0 aliphatic carbocycles. The van der Waals surface area contributed by atoms with Crippen LogP contribution in [-0.2, 0) is 0 Å². The van der Waals surface area contributed by atoms with Crippen molar-refractivity contribution < 1.29 is 9.47 Å². The second kappa shape index (κ2) is 6.56. The SMILES string of the molecule is Cc1ccc2c3c(ccc2c1)OCC(C)COc1ccc2cc(C)ccc2c1-3. The topological polar surface area (TPSA) is 18.5 Å². The highest BCUT2D eigenvalue weighted by molar-refractivity contribution is 6.10. The van der Waals surface area contributed by atoms with Crippen LogP contribution in [0, 0.1) is 19.8 Å². The molecular formula is C26H24O2. The Hall–Kier alpha value is -3.00. The minimum Gasteiger partial charge on any atom is -0.493 e. The summed E-state index contributed by atoms with van der Waals surface area (Å²) >= 11 is 0. The summed E-state index contributed by atoms with van der Waals surface area (Å²) in [5.41, 5.74) is 4.79. The van der Waals surface area contributed by atoms with E-state index in [1.54, 1.807) is 0 Å². The molecule has 2 nitrogen and oxygen atoms in total. The van der Waals surface area contributed by atoms with Crippen LogP contribution >= 0.6 is 0 Å². The van der Waals surface area contributed by atoms with E-state index in [2.05, 4.69) is 81.4 Å². The fraction of sp³-hybridized carbons (Fsp3) is 0.231. The first-order valence-electron chi connectivity index (χ1n) is 9.93. The minimum atomic E-state index is 0.321. The van der Waals surface area contributed by atoms with Gasteiger partial charge in [0.05, 0.1) is 13.2 Å². The normalized spacial score (nSPS) is 14.4. The molecule has 5 rings (SSSR count). The van der Waals surface area contributed by atoms with E-state index >= 15 is 0 Å². The highest BCUT2D eigenvalue weighted by atomic mass is 16.5. The van der Waals surface area contributed by atoms with E-state index in [1.807, 2.05) is 0 Å². The summed E-state index contributed by atoms with van der Waals surface area (Å²) in [5, 5.41) is 4.86. The maximum absolute atomic E-state index is 6.31. The van der Waals surface area contributed by atoms with Gasteiger partial charge in [0, 0.05) is 17.0 Å². The monoisotopic (exact) mass is 368 g/mol. The Bertz CT molecular complexity index is 1110. The van der Waals surface area contributed by atoms with E-state index in [-0.39, 0.29) is 0 Å². The molecule has 0 spiro atoms. The van der Waals surface area contributed by atoms with Crippen LogP contribution in [0.3, 0.4) is 0 Å². The molecule has 1 heterocycles. The number of benzene rings is 4. The molecule has 0 fully saturated rings. The smallest absolute Gasteiger partial charge is 0.127 e. The molecule has 0 saturated heterocycles. The lowest BCUT2D eigenvalue weighted by atomic mass is 9.91. The molecule has 28 heavy (non-hydrogen) atoms. The van der Waals surface area contributed by atoms with Gasteiger partial charge in [0.25, 0.3) is 0 Å². The molecule has 1 aliphatic heterocycles. The molecule has 2 heteroatoms. The van der Waals surface area contributed by atoms with Crippen LogP contribution in [0.25, 0.3) is 32.7 Å². The van der Waals surface area contributed by atoms with E-state index in [0.717, 1.165) is 22.6 Å². The third-order valence-corrected chi connectivity index (χ3v) is 5.57. The van der Waals surface area contributed by atoms with Gasteiger partial charge in [0.1, 0.15) is 11.5 Å². The highest BCUT2D eigenvalue weighted by Gasteiger charge is 2.21. The van der Waals surface area contributed by atoms with Crippen LogP contribution < -0.4 is 9.47 Å². The van der Waals surface area contributed by atoms with Gasteiger partial charge < -0.3 is 9.47 Å². The van der Waals surface area contributed by atoms with Crippen molar-refractivity contribution >= 4 is 21.5 Å². The maximum Gasteiger partial charge on any atom is 0.127 e. The number of fused-ring (bicyclic) bond motifs is 7. The summed E-state index contributed by atoms with van der Waals surface area (Å²) in [5.74, 6) is 2.19. The van der Waals surface area contributed by atoms with Gasteiger partial charge in [-0.25, -0.2) is 0 Å². The third kappa shape index (κ3) is 2.80. The molecule has 0 amide bonds. The van der Waals surface area contributed by atoms with Crippen molar-refractivity contribution in [2.24, 2.45) is 5.92 Å². The molecule has 0 bridgehead atoms. The zero-order valence-electron chi connectivity index (χ0n) is 16.6. The van der Waals surface area contributed by atoms with Crippen molar-refractivity contribution in [1.29, 1.82) is 0 Å². The highest BCUT2D eigenvalue weighted by Crippen LogP contribution is 2.46. The Morgan fingerprint density at radius 1 is 0.643 bits per heavy atom. The van der Waals surface area contributed by atoms with Crippen molar-refractivity contribution in [2.45, 2.75) is 20.8 Å². The van der Waals surface area contributed by atoms with Crippen molar-refractivity contribution in [1.82, 2.24) is 0 Å². The predicted octanol–water partition coefficient (Wildman–Crippen LogP) is 6.68. The molecule has 1 aliphatic rings. The van der Waals surface area contributed by atoms with Crippen molar-refractivity contribution in [3.8, 4) is 22.6 Å². The molecule has 0 saturated carbocycles. The van der Waals surface area contributed by atoms with Crippen LogP contribution in [0.1, 0.15) is 18.1 Å². The first-order valence-corrected chi connectivity index (χ1v) is 9.93. The van der Waals surface area contributed by atoms with Crippen molar-refractivity contribution in [2.75, 3.05) is 13.2 Å². The Morgan fingerprint density at radius 2 is 1.11 bits per heavy atom. The maximum atomic E-state index is 6.31. The van der Waals surface area contributed by atoms with Gasteiger partial charge >= 0.3 is 0 Å². The van der Waals surface area contributed by atoms with Gasteiger partial charge in [-0.15, -0.1) is 0 Å². The zero-order chi connectivity index (χ0) is 19.3. The Morgan fingerprint density at radius 3 is 1.57 bits per heavy atom. The van der Waals surface area contributed by atoms with Crippen LogP contribution in [0.4, 0.5) is 0 Å². The summed E-state index contributed by atoms with van der Waals surface area (Å²) in [6.07, 6.45) is 0. The molecule has 140 valence electrons. The van der Waals surface area contributed by atoms with Crippen molar-refractivity contribution in [3.05, 3.63) is 71.8 Å². The molecule has 0 N–H and O–H groups in total. The van der Waals surface area contributed by atoms with Gasteiger partial charge in [-0.05, 0) is 47.5 Å². The second-order valence-corrected chi connectivity index (χ2v) is 8.05. The number of aryl methyl sites for hydroxylation is 2. The van der Waals surface area contributed by atoms with Crippen LogP contribution in [0.5, 0.6) is 11.5 Å². The summed E-state index contributed by atoms with van der Waals surface area (Å²) < 4.78 is 12.6. The first-order chi connectivity index (χ1) is 13.6. The fourth-order valence-corrected chi connectivity index (χ4v) is 4.13. The number of hydrogen-bond donors (Lipinski definition) is 0. The van der Waals surface area contributed by atoms with E-state index in [9.17, 15) is 0 Å². The molecule has 0 radical (unpaired) electrons. The summed E-state index contributed by atoms with van der Waals surface area (Å²) in [7, 11) is 0. The van der Waals surface area contributed by atoms with Crippen LogP contribution in [0.2, 0.25) is 0 Å². The molecule has 4 aromatic carbocycles. The number of ether oxygens (including phenoxy) is 2. The lowest BCUT2D eigenvalue weighted by Gasteiger charge is -2.18. The van der Waals surface area contributed by atoms with Gasteiger partial charge in [-0.3, -0.25) is 0 Å². The van der Waals surface area contributed by atoms with Gasteiger partial charge in [-0.1, -0.05) is 66.6 Å². The molecular weight excluding hydrogens is 344 g/mol. The van der Waals surface area contributed by atoms with E-state index < -0.39 is 0 Å². The van der Waals surface area contributed by atoms with Gasteiger partial charge in [-0.2, -0.15) is 0 Å². The van der Waals surface area contributed by atoms with Crippen molar-refractivity contribution in [3.63, 3.8) is 0 Å². The average Bonchev–Trinajstić information content (AvgIpc) is 2.76. The third-order valence-electron chi connectivity index (χ3n) is 5.57. The molecule has 4 aromatic rings. The van der Waals surface area contributed by atoms with E-state index in [0.29, 0.717) is 19.1 Å². The Labute approximate surface area is 165 Å². The number of hydrogen-bond acceptors (Lipinski definition) is 2. The van der Waals surface area contributed by atoms with E-state index in [1.165, 1.54) is 32.7 Å². The Balaban J connectivity index is 1.93. The zero-order valence-corrected chi connectivity index (χ0v) is 16.6. The van der Waals surface area contributed by atoms with Crippen LogP contribution in [-0.4, -0.2) is 13.2 Å². The molecule has 0 aromatic heterocycles. The largest absolute Gasteiger partial charge is 0.493 e. The summed E-state index contributed by atoms with van der Waals surface area (Å²) in [6, 6.07) is 21.8.